The average Bonchev–Trinajstić information content (AvgIpc) is 2.03. The van der Waals surface area contributed by atoms with E-state index in [1.807, 2.05) is 24.3 Å². The predicted molar refractivity (Wildman–Crippen MR) is 40.4 cm³/mol. The van der Waals surface area contributed by atoms with Crippen molar-refractivity contribution in [2.24, 2.45) is 0 Å². The minimum absolute atomic E-state index is 1.15. The molecule has 1 aromatic rings. The van der Waals surface area contributed by atoms with E-state index in [4.69, 9.17) is 0 Å². The van der Waals surface area contributed by atoms with E-state index >= 15 is 0 Å². The van der Waals surface area contributed by atoms with Crippen molar-refractivity contribution in [1.82, 2.24) is 0 Å². The Hall–Kier alpha value is -0.547. The summed E-state index contributed by atoms with van der Waals surface area (Å²) in [6, 6.07) is 11.1. The average molecular weight is 181 g/mol. The SMILES string of the molecule is [Zn]=[CH]/C=C\c1[c-]cccc1. The van der Waals surface area contributed by atoms with Crippen LogP contribution in [0.5, 0.6) is 0 Å². The Bertz CT molecular complexity index is 224. The van der Waals surface area contributed by atoms with Crippen molar-refractivity contribution >= 4 is 10.7 Å². The molecule has 0 aromatic heterocycles. The fraction of sp³-hybridized carbons (Fsp3) is 0. The standard InChI is InChI=1S/C9H7.Zn/c1-2-6-9-7-4-3-5-8-9;/h1-7H;/q-1;/b6-2-;. The van der Waals surface area contributed by atoms with E-state index in [1.54, 1.807) is 0 Å². The van der Waals surface area contributed by atoms with Gasteiger partial charge in [-0.1, -0.05) is 0 Å². The molecule has 1 aromatic carbocycles. The summed E-state index contributed by atoms with van der Waals surface area (Å²) in [5.74, 6) is 0. The second-order valence-electron chi connectivity index (χ2n) is 1.91. The van der Waals surface area contributed by atoms with Crippen LogP contribution >= 0.6 is 0 Å². The molecule has 0 bridgehead atoms. The first-order valence-corrected chi connectivity index (χ1v) is 4.90. The first-order chi connectivity index (χ1) is 4.93. The van der Waals surface area contributed by atoms with Gasteiger partial charge in [-0.3, -0.25) is 0 Å². The summed E-state index contributed by atoms with van der Waals surface area (Å²) in [5, 5.41) is 0. The van der Waals surface area contributed by atoms with Crippen LogP contribution in [0.3, 0.4) is 0 Å². The molecule has 0 spiro atoms. The maximum absolute atomic E-state index is 3.11. The molecule has 0 aliphatic heterocycles. The van der Waals surface area contributed by atoms with E-state index in [0.29, 0.717) is 0 Å². The monoisotopic (exact) mass is 179 g/mol. The molecule has 0 heterocycles. The molecule has 1 rings (SSSR count). The Morgan fingerprint density at radius 2 is 2.30 bits per heavy atom. The van der Waals surface area contributed by atoms with Gasteiger partial charge in [-0.05, 0) is 0 Å². The van der Waals surface area contributed by atoms with Gasteiger partial charge >= 0.3 is 70.5 Å². The molecule has 0 aliphatic carbocycles. The molecule has 0 fully saturated rings. The normalized spacial score (nSPS) is 10.2. The molecule has 0 unspecified atom stereocenters. The van der Waals surface area contributed by atoms with Gasteiger partial charge < -0.3 is 0 Å². The van der Waals surface area contributed by atoms with E-state index in [0.717, 1.165) is 5.56 Å². The second kappa shape index (κ2) is 4.30. The maximum atomic E-state index is 3.11. The minimum atomic E-state index is 1.15. The molecule has 0 saturated carbocycles. The van der Waals surface area contributed by atoms with Crippen LogP contribution in [0.2, 0.25) is 0 Å². The Labute approximate surface area is 70.8 Å². The Morgan fingerprint density at radius 1 is 1.40 bits per heavy atom. The van der Waals surface area contributed by atoms with Gasteiger partial charge in [0, 0.05) is 0 Å². The fourth-order valence-corrected chi connectivity index (χ4v) is 0.968. The van der Waals surface area contributed by atoms with Gasteiger partial charge in [-0.25, -0.2) is 0 Å². The molecule has 0 amide bonds. The van der Waals surface area contributed by atoms with Crippen molar-refractivity contribution in [3.05, 3.63) is 42.0 Å². The zero-order valence-corrected chi connectivity index (χ0v) is 8.72. The molecule has 0 saturated heterocycles. The third kappa shape index (κ3) is 2.37. The molecule has 10 heavy (non-hydrogen) atoms. The molecule has 0 atom stereocenters. The molecule has 0 radical (unpaired) electrons. The van der Waals surface area contributed by atoms with Crippen LogP contribution < -0.4 is 0 Å². The molecule has 0 nitrogen and oxygen atoms in total. The van der Waals surface area contributed by atoms with Crippen molar-refractivity contribution < 1.29 is 17.9 Å². The predicted octanol–water partition coefficient (Wildman–Crippen LogP) is 1.85. The van der Waals surface area contributed by atoms with Gasteiger partial charge in [0.1, 0.15) is 0 Å². The van der Waals surface area contributed by atoms with Crippen molar-refractivity contribution in [3.8, 4) is 0 Å². The fourth-order valence-electron chi connectivity index (χ4n) is 0.683. The van der Waals surface area contributed by atoms with Gasteiger partial charge in [-0.2, -0.15) is 0 Å². The molecule has 1 heteroatoms. The van der Waals surface area contributed by atoms with Gasteiger partial charge in [0.25, 0.3) is 0 Å². The number of allylic oxidation sites excluding steroid dienone is 1. The summed E-state index contributed by atoms with van der Waals surface area (Å²) in [7, 11) is 0. The van der Waals surface area contributed by atoms with Crippen molar-refractivity contribution in [1.29, 1.82) is 0 Å². The molecule has 0 N–H and O–H groups in total. The Kier molecular flexibility index (Phi) is 3.25. The number of benzene rings is 1. The van der Waals surface area contributed by atoms with Crippen LogP contribution in [0, 0.1) is 6.07 Å². The van der Waals surface area contributed by atoms with Gasteiger partial charge in [-0.15, -0.1) is 0 Å². The van der Waals surface area contributed by atoms with Gasteiger partial charge in [0.15, 0.2) is 0 Å². The topological polar surface area (TPSA) is 0 Å². The van der Waals surface area contributed by atoms with Crippen molar-refractivity contribution in [2.45, 2.75) is 0 Å². The van der Waals surface area contributed by atoms with Crippen LogP contribution in [0.4, 0.5) is 0 Å². The summed E-state index contributed by atoms with van der Waals surface area (Å²) < 4.78 is 2.13. The summed E-state index contributed by atoms with van der Waals surface area (Å²) in [4.78, 5) is 0. The molecular formula is C9H7Zn-. The number of hydrogen-bond donors (Lipinski definition) is 0. The third-order valence-electron chi connectivity index (χ3n) is 1.14. The Morgan fingerprint density at radius 3 is 2.90 bits per heavy atom. The second-order valence-corrected chi connectivity index (χ2v) is 2.90. The summed E-state index contributed by atoms with van der Waals surface area (Å²) in [6.45, 7) is 0. The first kappa shape index (κ1) is 7.56. The quantitative estimate of drug-likeness (QED) is 0.481. The zero-order valence-electron chi connectivity index (χ0n) is 5.75. The summed E-state index contributed by atoms with van der Waals surface area (Å²) >= 11 is 1.21. The number of rotatable bonds is 2. The van der Waals surface area contributed by atoms with Gasteiger partial charge in [0.05, 0.1) is 0 Å². The van der Waals surface area contributed by atoms with Gasteiger partial charge in [0.2, 0.25) is 0 Å². The van der Waals surface area contributed by atoms with E-state index < -0.39 is 0 Å². The van der Waals surface area contributed by atoms with Crippen LogP contribution in [-0.2, 0) is 17.9 Å². The van der Waals surface area contributed by atoms with Crippen LogP contribution in [0.1, 0.15) is 5.56 Å². The summed E-state index contributed by atoms with van der Waals surface area (Å²) in [6.07, 6.45) is 4.12. The van der Waals surface area contributed by atoms with Crippen LogP contribution in [-0.4, -0.2) is 4.61 Å². The summed E-state index contributed by atoms with van der Waals surface area (Å²) in [5.41, 5.74) is 1.15. The Balaban J connectivity index is 2.76. The van der Waals surface area contributed by atoms with E-state index in [-0.39, 0.29) is 0 Å². The van der Waals surface area contributed by atoms with Crippen molar-refractivity contribution in [3.63, 3.8) is 0 Å². The van der Waals surface area contributed by atoms with Crippen LogP contribution in [0.15, 0.2) is 30.3 Å². The zero-order chi connectivity index (χ0) is 7.23. The van der Waals surface area contributed by atoms with E-state index in [2.05, 4.69) is 22.8 Å². The van der Waals surface area contributed by atoms with E-state index in [1.165, 1.54) is 17.9 Å². The van der Waals surface area contributed by atoms with Crippen LogP contribution in [0.25, 0.3) is 6.08 Å². The van der Waals surface area contributed by atoms with E-state index in [9.17, 15) is 0 Å². The van der Waals surface area contributed by atoms with Crippen molar-refractivity contribution in [2.75, 3.05) is 0 Å². The first-order valence-electron chi connectivity index (χ1n) is 3.19. The number of hydrogen-bond acceptors (Lipinski definition) is 0. The third-order valence-corrected chi connectivity index (χ3v) is 1.72. The molecule has 0 aliphatic rings. The molecular weight excluding hydrogens is 173 g/mol. The molecule has 46 valence electrons.